The maximum absolute atomic E-state index is 12.1. The van der Waals surface area contributed by atoms with Crippen molar-refractivity contribution in [3.63, 3.8) is 0 Å². The molecule has 24 heavy (non-hydrogen) atoms. The zero-order valence-corrected chi connectivity index (χ0v) is 15.6. The topological polar surface area (TPSA) is 59.1 Å². The van der Waals surface area contributed by atoms with Gasteiger partial charge in [-0.1, -0.05) is 30.9 Å². The molecule has 1 N–H and O–H groups in total. The Morgan fingerprint density at radius 3 is 2.50 bits per heavy atom. The fraction of sp³-hybridized carbons (Fsp3) is 0.550. The first kappa shape index (κ1) is 20.4. The number of hydrogen-bond donors (Lipinski definition) is 1. The second-order valence-electron chi connectivity index (χ2n) is 7.01. The summed E-state index contributed by atoms with van der Waals surface area (Å²) in [5.41, 5.74) is 0.248. The van der Waals surface area contributed by atoms with Crippen LogP contribution in [0.4, 0.5) is 0 Å². The van der Waals surface area contributed by atoms with Crippen molar-refractivity contribution < 1.29 is 19.4 Å². The van der Waals surface area contributed by atoms with Crippen molar-refractivity contribution in [3.8, 4) is 0 Å². The normalized spacial score (nSPS) is 24.4. The molecular weight excluding hydrogens is 304 g/mol. The number of carbonyl (C=O) groups excluding carboxylic acids is 1. The van der Waals surface area contributed by atoms with Gasteiger partial charge in [-0.25, -0.2) is 4.79 Å². The third-order valence-electron chi connectivity index (χ3n) is 4.31. The Kier molecular flexibility index (Phi) is 6.76. The predicted molar refractivity (Wildman–Crippen MR) is 96.6 cm³/mol. The van der Waals surface area contributed by atoms with Crippen molar-refractivity contribution in [2.45, 2.75) is 71.4 Å². The fourth-order valence-electron chi connectivity index (χ4n) is 2.10. The Morgan fingerprint density at radius 1 is 1.46 bits per heavy atom. The second kappa shape index (κ2) is 7.95. The van der Waals surface area contributed by atoms with E-state index in [4.69, 9.17) is 9.47 Å². The molecule has 1 aliphatic heterocycles. The van der Waals surface area contributed by atoms with Crippen LogP contribution in [-0.4, -0.2) is 34.5 Å². The van der Waals surface area contributed by atoms with E-state index in [2.05, 4.69) is 6.58 Å². The van der Waals surface area contributed by atoms with Crippen LogP contribution in [0.1, 0.15) is 48.0 Å². The van der Waals surface area contributed by atoms with E-state index in [-0.39, 0.29) is 23.8 Å². The minimum atomic E-state index is -1.06. The average molecular weight is 334 g/mol. The first-order chi connectivity index (χ1) is 11.0. The number of epoxide rings is 1. The van der Waals surface area contributed by atoms with Gasteiger partial charge in [0.1, 0.15) is 6.10 Å². The van der Waals surface area contributed by atoms with Gasteiger partial charge in [0.25, 0.3) is 0 Å². The Hall–Kier alpha value is -1.65. The van der Waals surface area contributed by atoms with E-state index in [1.807, 2.05) is 33.8 Å². The summed E-state index contributed by atoms with van der Waals surface area (Å²) in [6.45, 7) is 14.7. The number of esters is 1. The number of aliphatic hydroxyl groups is 1. The third-order valence-corrected chi connectivity index (χ3v) is 4.31. The standard InChI is InChI=1S/C20H30O4/c1-8-14(3)18(21)23-16(13-17-19(5,6)24-17)15(4)11-10-12-20(7,22)9-2/h8-12,16-17,22H,2,13H2,1,3-7H3/b12-10-,14-8+,15-11+/t16-,17+,20+/m0/s1. The summed E-state index contributed by atoms with van der Waals surface area (Å²) in [7, 11) is 0. The highest BCUT2D eigenvalue weighted by Gasteiger charge is 2.49. The van der Waals surface area contributed by atoms with Crippen LogP contribution in [0.5, 0.6) is 0 Å². The van der Waals surface area contributed by atoms with Crippen molar-refractivity contribution in [3.05, 3.63) is 48.1 Å². The summed E-state index contributed by atoms with van der Waals surface area (Å²) >= 11 is 0. The average Bonchev–Trinajstić information content (AvgIpc) is 3.11. The minimum Gasteiger partial charge on any atom is -0.454 e. The van der Waals surface area contributed by atoms with Gasteiger partial charge in [0.15, 0.2) is 0 Å². The summed E-state index contributed by atoms with van der Waals surface area (Å²) in [6.07, 6.45) is 8.75. The maximum atomic E-state index is 12.1. The van der Waals surface area contributed by atoms with Crippen molar-refractivity contribution in [1.29, 1.82) is 0 Å². The van der Waals surface area contributed by atoms with E-state index in [9.17, 15) is 9.90 Å². The first-order valence-corrected chi connectivity index (χ1v) is 8.26. The van der Waals surface area contributed by atoms with Gasteiger partial charge in [-0.05, 0) is 53.2 Å². The zero-order valence-electron chi connectivity index (χ0n) is 15.6. The molecule has 0 aliphatic carbocycles. The van der Waals surface area contributed by atoms with E-state index < -0.39 is 5.60 Å². The number of carbonyl (C=O) groups is 1. The highest BCUT2D eigenvalue weighted by Crippen LogP contribution is 2.39. The summed E-state index contributed by atoms with van der Waals surface area (Å²) in [5, 5.41) is 9.90. The highest BCUT2D eigenvalue weighted by molar-refractivity contribution is 5.87. The molecule has 0 aromatic heterocycles. The van der Waals surface area contributed by atoms with Crippen LogP contribution in [0.15, 0.2) is 48.1 Å². The molecule has 0 amide bonds. The van der Waals surface area contributed by atoms with Crippen LogP contribution < -0.4 is 0 Å². The monoisotopic (exact) mass is 334 g/mol. The van der Waals surface area contributed by atoms with Crippen LogP contribution in [0.3, 0.4) is 0 Å². The largest absolute Gasteiger partial charge is 0.454 e. The minimum absolute atomic E-state index is 0.0739. The Morgan fingerprint density at radius 2 is 2.04 bits per heavy atom. The molecule has 0 unspecified atom stereocenters. The van der Waals surface area contributed by atoms with Gasteiger partial charge in [-0.2, -0.15) is 0 Å². The summed E-state index contributed by atoms with van der Waals surface area (Å²) < 4.78 is 11.3. The molecule has 1 saturated heterocycles. The Balaban J connectivity index is 2.86. The van der Waals surface area contributed by atoms with Crippen LogP contribution in [0.25, 0.3) is 0 Å². The van der Waals surface area contributed by atoms with E-state index in [1.54, 1.807) is 32.1 Å². The van der Waals surface area contributed by atoms with Crippen molar-refractivity contribution >= 4 is 5.97 Å². The van der Waals surface area contributed by atoms with Gasteiger partial charge in [0, 0.05) is 12.0 Å². The van der Waals surface area contributed by atoms with Crippen LogP contribution in [-0.2, 0) is 14.3 Å². The summed E-state index contributed by atoms with van der Waals surface area (Å²) in [5.74, 6) is -0.323. The lowest BCUT2D eigenvalue weighted by molar-refractivity contribution is -0.143. The molecule has 3 atom stereocenters. The van der Waals surface area contributed by atoms with Gasteiger partial charge in [-0.15, -0.1) is 0 Å². The lowest BCUT2D eigenvalue weighted by Gasteiger charge is -2.19. The van der Waals surface area contributed by atoms with Crippen molar-refractivity contribution in [1.82, 2.24) is 0 Å². The molecule has 1 aliphatic rings. The number of allylic oxidation sites excluding steroid dienone is 3. The van der Waals surface area contributed by atoms with E-state index in [0.717, 1.165) is 5.57 Å². The fourth-order valence-corrected chi connectivity index (χ4v) is 2.10. The van der Waals surface area contributed by atoms with Crippen molar-refractivity contribution in [2.75, 3.05) is 0 Å². The lowest BCUT2D eigenvalue weighted by Crippen LogP contribution is -2.23. The molecule has 1 fully saturated rings. The van der Waals surface area contributed by atoms with Crippen LogP contribution in [0.2, 0.25) is 0 Å². The molecule has 0 radical (unpaired) electrons. The Labute approximate surface area is 145 Å². The lowest BCUT2D eigenvalue weighted by atomic mass is 9.99. The highest BCUT2D eigenvalue weighted by atomic mass is 16.6. The molecule has 4 heteroatoms. The Bertz CT molecular complexity index is 564. The zero-order chi connectivity index (χ0) is 18.5. The van der Waals surface area contributed by atoms with E-state index in [1.165, 1.54) is 6.08 Å². The molecule has 134 valence electrons. The molecule has 1 rings (SSSR count). The number of ether oxygens (including phenoxy) is 2. The summed E-state index contributed by atoms with van der Waals surface area (Å²) in [4.78, 5) is 12.1. The molecule has 4 nitrogen and oxygen atoms in total. The number of hydrogen-bond acceptors (Lipinski definition) is 4. The first-order valence-electron chi connectivity index (χ1n) is 8.26. The number of rotatable bonds is 8. The quantitative estimate of drug-likeness (QED) is 0.241. The summed E-state index contributed by atoms with van der Waals surface area (Å²) in [6, 6.07) is 0. The second-order valence-corrected chi connectivity index (χ2v) is 7.01. The van der Waals surface area contributed by atoms with Gasteiger partial charge < -0.3 is 14.6 Å². The maximum Gasteiger partial charge on any atom is 0.333 e. The predicted octanol–water partition coefficient (Wildman–Crippen LogP) is 3.87. The smallest absolute Gasteiger partial charge is 0.333 e. The molecule has 0 aromatic rings. The van der Waals surface area contributed by atoms with E-state index in [0.29, 0.717) is 12.0 Å². The van der Waals surface area contributed by atoms with Gasteiger partial charge in [-0.3, -0.25) is 0 Å². The SMILES string of the molecule is C=C[C@@](C)(O)/C=C\C=C(/C)[C@H](C[C@H]1OC1(C)C)OC(=O)/C(C)=C/C. The van der Waals surface area contributed by atoms with Gasteiger partial charge in [0.05, 0.1) is 17.3 Å². The molecule has 0 aromatic carbocycles. The van der Waals surface area contributed by atoms with Gasteiger partial charge >= 0.3 is 5.97 Å². The molecule has 1 heterocycles. The van der Waals surface area contributed by atoms with Crippen LogP contribution in [0, 0.1) is 0 Å². The molecule has 0 saturated carbocycles. The van der Waals surface area contributed by atoms with Crippen LogP contribution >= 0.6 is 0 Å². The van der Waals surface area contributed by atoms with Crippen molar-refractivity contribution in [2.24, 2.45) is 0 Å². The van der Waals surface area contributed by atoms with Gasteiger partial charge in [0.2, 0.25) is 0 Å². The van der Waals surface area contributed by atoms with E-state index >= 15 is 0 Å². The molecule has 0 bridgehead atoms. The molecular formula is C20H30O4. The molecule has 0 spiro atoms. The third kappa shape index (κ3) is 6.10.